The van der Waals surface area contributed by atoms with Crippen molar-refractivity contribution in [2.45, 2.75) is 25.9 Å². The van der Waals surface area contributed by atoms with E-state index in [-0.39, 0.29) is 13.0 Å². The Labute approximate surface area is 101 Å². The average Bonchev–Trinajstić information content (AvgIpc) is 2.25. The maximum absolute atomic E-state index is 12.6. The Balaban J connectivity index is 2.37. The Hall–Kier alpha value is -0.550. The summed E-state index contributed by atoms with van der Waals surface area (Å²) >= 11 is 0. The topological polar surface area (TPSA) is 15.3 Å². The molecule has 5 heteroatoms. The number of nitrogens with zero attached hydrogens (tertiary/aromatic N) is 1. The van der Waals surface area contributed by atoms with Crippen LogP contribution < -0.4 is 5.32 Å². The van der Waals surface area contributed by atoms with Crippen molar-refractivity contribution in [2.24, 2.45) is 5.92 Å². The van der Waals surface area contributed by atoms with Gasteiger partial charge in [-0.25, -0.2) is 0 Å². The van der Waals surface area contributed by atoms with E-state index in [1.807, 2.05) is 11.8 Å². The number of likely N-dealkylation sites (tertiary alicyclic amines) is 1. The quantitative estimate of drug-likeness (QED) is 0.754. The van der Waals surface area contributed by atoms with Gasteiger partial charge >= 0.3 is 6.18 Å². The molecule has 0 spiro atoms. The molecule has 0 bridgehead atoms. The number of likely N-dealkylation sites (N-methyl/N-ethyl adjacent to an activating group) is 1. The van der Waals surface area contributed by atoms with Crippen LogP contribution in [0.15, 0.2) is 12.2 Å². The van der Waals surface area contributed by atoms with Gasteiger partial charge in [0.15, 0.2) is 0 Å². The highest BCUT2D eigenvalue weighted by atomic mass is 19.4. The second kappa shape index (κ2) is 6.40. The maximum atomic E-state index is 12.6. The first-order valence-electron chi connectivity index (χ1n) is 6.10. The summed E-state index contributed by atoms with van der Waals surface area (Å²) in [6, 6.07) is 0. The van der Waals surface area contributed by atoms with Crippen molar-refractivity contribution < 1.29 is 13.2 Å². The summed E-state index contributed by atoms with van der Waals surface area (Å²) in [5.74, 6) is -1.16. The van der Waals surface area contributed by atoms with E-state index < -0.39 is 12.1 Å². The lowest BCUT2D eigenvalue weighted by molar-refractivity contribution is -0.186. The molecule has 1 aliphatic rings. The molecular weight excluding hydrogens is 229 g/mol. The van der Waals surface area contributed by atoms with Crippen molar-refractivity contribution in [2.75, 3.05) is 32.7 Å². The minimum Gasteiger partial charge on any atom is -0.313 e. The predicted octanol–water partition coefficient (Wildman–Crippen LogP) is 2.43. The van der Waals surface area contributed by atoms with E-state index >= 15 is 0 Å². The van der Waals surface area contributed by atoms with Gasteiger partial charge in [-0.3, -0.25) is 4.90 Å². The number of piperidine rings is 1. The van der Waals surface area contributed by atoms with E-state index in [9.17, 15) is 13.2 Å². The van der Waals surface area contributed by atoms with E-state index in [2.05, 4.69) is 11.9 Å². The SMILES string of the molecule is C=C(CNCC)CN1CCCC(C(F)(F)F)C1. The Morgan fingerprint density at radius 1 is 1.47 bits per heavy atom. The van der Waals surface area contributed by atoms with Gasteiger partial charge in [-0.05, 0) is 31.5 Å². The summed E-state index contributed by atoms with van der Waals surface area (Å²) in [5, 5.41) is 3.13. The van der Waals surface area contributed by atoms with Crippen molar-refractivity contribution in [3.8, 4) is 0 Å². The van der Waals surface area contributed by atoms with Gasteiger partial charge in [-0.1, -0.05) is 13.5 Å². The minimum absolute atomic E-state index is 0.120. The van der Waals surface area contributed by atoms with Gasteiger partial charge in [-0.2, -0.15) is 13.2 Å². The van der Waals surface area contributed by atoms with E-state index in [0.29, 0.717) is 19.5 Å². The Morgan fingerprint density at radius 2 is 2.18 bits per heavy atom. The Kier molecular flexibility index (Phi) is 5.46. The molecule has 1 rings (SSSR count). The zero-order valence-corrected chi connectivity index (χ0v) is 10.3. The third-order valence-corrected chi connectivity index (χ3v) is 3.04. The van der Waals surface area contributed by atoms with Crippen LogP contribution in [0.4, 0.5) is 13.2 Å². The lowest BCUT2D eigenvalue weighted by atomic mass is 9.97. The van der Waals surface area contributed by atoms with Gasteiger partial charge in [0.05, 0.1) is 5.92 Å². The van der Waals surface area contributed by atoms with Gasteiger partial charge in [0, 0.05) is 19.6 Å². The number of nitrogens with one attached hydrogen (secondary N) is 1. The molecule has 0 aromatic heterocycles. The number of alkyl halides is 3. The molecule has 0 aliphatic carbocycles. The monoisotopic (exact) mass is 250 g/mol. The smallest absolute Gasteiger partial charge is 0.313 e. The largest absolute Gasteiger partial charge is 0.393 e. The fourth-order valence-electron chi connectivity index (χ4n) is 2.14. The first-order valence-corrected chi connectivity index (χ1v) is 6.10. The molecule has 0 saturated carbocycles. The van der Waals surface area contributed by atoms with Gasteiger partial charge < -0.3 is 5.32 Å². The van der Waals surface area contributed by atoms with Crippen molar-refractivity contribution in [1.82, 2.24) is 10.2 Å². The standard InChI is InChI=1S/C12H21F3N2/c1-3-16-7-10(2)8-17-6-4-5-11(9-17)12(13,14)15/h11,16H,2-9H2,1H3. The zero-order chi connectivity index (χ0) is 12.9. The van der Waals surface area contributed by atoms with Gasteiger partial charge in [-0.15, -0.1) is 0 Å². The van der Waals surface area contributed by atoms with Crippen LogP contribution in [0.5, 0.6) is 0 Å². The third kappa shape index (κ3) is 5.08. The van der Waals surface area contributed by atoms with Crippen molar-refractivity contribution in [3.05, 3.63) is 12.2 Å². The van der Waals surface area contributed by atoms with Crippen molar-refractivity contribution in [3.63, 3.8) is 0 Å². The van der Waals surface area contributed by atoms with Crippen molar-refractivity contribution >= 4 is 0 Å². The summed E-state index contributed by atoms with van der Waals surface area (Å²) in [6.45, 7) is 8.85. The predicted molar refractivity (Wildman–Crippen MR) is 62.9 cm³/mol. The van der Waals surface area contributed by atoms with E-state index in [1.165, 1.54) is 0 Å². The normalized spacial score (nSPS) is 22.7. The molecule has 0 aromatic carbocycles. The summed E-state index contributed by atoms with van der Waals surface area (Å²) in [5.41, 5.74) is 0.953. The summed E-state index contributed by atoms with van der Waals surface area (Å²) < 4.78 is 37.8. The lowest BCUT2D eigenvalue weighted by Gasteiger charge is -2.34. The first kappa shape index (κ1) is 14.5. The van der Waals surface area contributed by atoms with Crippen molar-refractivity contribution in [1.29, 1.82) is 0 Å². The third-order valence-electron chi connectivity index (χ3n) is 3.04. The highest BCUT2D eigenvalue weighted by Crippen LogP contribution is 2.33. The van der Waals surface area contributed by atoms with E-state index in [0.717, 1.165) is 18.7 Å². The molecule has 1 heterocycles. The van der Waals surface area contributed by atoms with Crippen LogP contribution >= 0.6 is 0 Å². The maximum Gasteiger partial charge on any atom is 0.393 e. The van der Waals surface area contributed by atoms with E-state index in [1.54, 1.807) is 0 Å². The molecule has 0 radical (unpaired) electrons. The molecule has 0 amide bonds. The average molecular weight is 250 g/mol. The van der Waals surface area contributed by atoms with Crippen LogP contribution in [0.25, 0.3) is 0 Å². The molecule has 1 N–H and O–H groups in total. The zero-order valence-electron chi connectivity index (χ0n) is 10.3. The molecule has 17 heavy (non-hydrogen) atoms. The summed E-state index contributed by atoms with van der Waals surface area (Å²) in [4.78, 5) is 1.86. The number of hydrogen-bond donors (Lipinski definition) is 1. The molecule has 1 saturated heterocycles. The molecule has 1 atom stereocenters. The molecular formula is C12H21F3N2. The molecule has 100 valence electrons. The van der Waals surface area contributed by atoms with Gasteiger partial charge in [0.1, 0.15) is 0 Å². The van der Waals surface area contributed by atoms with Gasteiger partial charge in [0.2, 0.25) is 0 Å². The van der Waals surface area contributed by atoms with Crippen LogP contribution in [0.1, 0.15) is 19.8 Å². The minimum atomic E-state index is -4.05. The highest BCUT2D eigenvalue weighted by molar-refractivity contribution is 5.00. The number of rotatable bonds is 5. The molecule has 1 aliphatic heterocycles. The number of halogens is 3. The first-order chi connectivity index (χ1) is 7.93. The van der Waals surface area contributed by atoms with Crippen LogP contribution in [0.2, 0.25) is 0 Å². The van der Waals surface area contributed by atoms with Crippen LogP contribution in [-0.2, 0) is 0 Å². The highest BCUT2D eigenvalue weighted by Gasteiger charge is 2.41. The molecule has 2 nitrogen and oxygen atoms in total. The summed E-state index contributed by atoms with van der Waals surface area (Å²) in [6.07, 6.45) is -3.17. The van der Waals surface area contributed by atoms with Gasteiger partial charge in [0.25, 0.3) is 0 Å². The van der Waals surface area contributed by atoms with Crippen LogP contribution in [0.3, 0.4) is 0 Å². The molecule has 1 unspecified atom stereocenters. The number of hydrogen-bond acceptors (Lipinski definition) is 2. The fraction of sp³-hybridized carbons (Fsp3) is 0.833. The second-order valence-corrected chi connectivity index (χ2v) is 4.65. The fourth-order valence-corrected chi connectivity index (χ4v) is 2.14. The molecule has 0 aromatic rings. The lowest BCUT2D eigenvalue weighted by Crippen LogP contribution is -2.42. The Morgan fingerprint density at radius 3 is 2.76 bits per heavy atom. The Bertz CT molecular complexity index is 251. The van der Waals surface area contributed by atoms with E-state index in [4.69, 9.17) is 0 Å². The summed E-state index contributed by atoms with van der Waals surface area (Å²) in [7, 11) is 0. The van der Waals surface area contributed by atoms with Crippen LogP contribution in [-0.4, -0.2) is 43.8 Å². The molecule has 1 fully saturated rings. The van der Waals surface area contributed by atoms with Crippen LogP contribution in [0, 0.1) is 5.92 Å². The second-order valence-electron chi connectivity index (χ2n) is 4.65.